The summed E-state index contributed by atoms with van der Waals surface area (Å²) >= 11 is 0. The van der Waals surface area contributed by atoms with Gasteiger partial charge in [-0.25, -0.2) is 0 Å². The zero-order valence-corrected chi connectivity index (χ0v) is 13.9. The van der Waals surface area contributed by atoms with E-state index < -0.39 is 0 Å². The lowest BCUT2D eigenvalue weighted by Gasteiger charge is -2.26. The molecule has 1 rings (SSSR count). The van der Waals surface area contributed by atoms with Crippen LogP contribution in [-0.4, -0.2) is 18.8 Å². The summed E-state index contributed by atoms with van der Waals surface area (Å²) < 4.78 is 6.19. The van der Waals surface area contributed by atoms with Gasteiger partial charge in [0.15, 0.2) is 0 Å². The Kier molecular flexibility index (Phi) is 10.4. The second-order valence-electron chi connectivity index (χ2n) is 6.84. The van der Waals surface area contributed by atoms with Crippen LogP contribution in [0, 0.1) is 5.92 Å². The zero-order valence-electron chi connectivity index (χ0n) is 13.9. The molecule has 1 saturated carbocycles. The molecule has 3 unspecified atom stereocenters. The van der Waals surface area contributed by atoms with Gasteiger partial charge in [-0.2, -0.15) is 0 Å². The fraction of sp³-hybridized carbons (Fsp3) is 1.00. The average Bonchev–Trinajstić information content (AvgIpc) is 2.42. The van der Waals surface area contributed by atoms with Crippen molar-refractivity contribution in [1.29, 1.82) is 0 Å². The highest BCUT2D eigenvalue weighted by atomic mass is 16.5. The van der Waals surface area contributed by atoms with Gasteiger partial charge in [-0.3, -0.25) is 0 Å². The van der Waals surface area contributed by atoms with E-state index in [1.165, 1.54) is 70.6 Å². The van der Waals surface area contributed by atoms with Crippen molar-refractivity contribution in [3.63, 3.8) is 0 Å². The molecular weight excluding hydrogens is 246 g/mol. The third kappa shape index (κ3) is 8.26. The second kappa shape index (κ2) is 11.6. The Morgan fingerprint density at radius 2 is 1.50 bits per heavy atom. The summed E-state index contributed by atoms with van der Waals surface area (Å²) in [6.07, 6.45) is 16.1. The summed E-state index contributed by atoms with van der Waals surface area (Å²) in [6.45, 7) is 5.44. The summed E-state index contributed by atoms with van der Waals surface area (Å²) in [7, 11) is 0. The van der Waals surface area contributed by atoms with Crippen LogP contribution in [0.4, 0.5) is 0 Å². The van der Waals surface area contributed by atoms with Crippen LogP contribution in [0.2, 0.25) is 0 Å². The van der Waals surface area contributed by atoms with Crippen molar-refractivity contribution in [3.05, 3.63) is 0 Å². The Morgan fingerprint density at radius 3 is 2.10 bits per heavy atom. The normalized spacial score (nSPS) is 28.4. The molecule has 2 N–H and O–H groups in total. The van der Waals surface area contributed by atoms with Gasteiger partial charge in [-0.05, 0) is 25.2 Å². The van der Waals surface area contributed by atoms with Gasteiger partial charge in [0.25, 0.3) is 0 Å². The molecule has 2 nitrogen and oxygen atoms in total. The number of hydrogen-bond acceptors (Lipinski definition) is 2. The van der Waals surface area contributed by atoms with Crippen molar-refractivity contribution < 1.29 is 4.74 Å². The molecule has 120 valence electrons. The Bertz CT molecular complexity index is 219. The van der Waals surface area contributed by atoms with Crippen molar-refractivity contribution in [2.45, 2.75) is 103 Å². The van der Waals surface area contributed by atoms with Crippen LogP contribution in [0.3, 0.4) is 0 Å². The Hall–Kier alpha value is -0.0800. The Morgan fingerprint density at radius 1 is 0.950 bits per heavy atom. The van der Waals surface area contributed by atoms with E-state index in [1.807, 2.05) is 0 Å². The summed E-state index contributed by atoms with van der Waals surface area (Å²) in [6, 6.07) is 0.253. The zero-order chi connectivity index (χ0) is 14.6. The van der Waals surface area contributed by atoms with E-state index >= 15 is 0 Å². The molecule has 0 aromatic carbocycles. The van der Waals surface area contributed by atoms with Crippen LogP contribution in [-0.2, 0) is 4.74 Å². The van der Waals surface area contributed by atoms with Crippen LogP contribution in [0.5, 0.6) is 0 Å². The number of ether oxygens (including phenoxy) is 1. The molecule has 3 atom stereocenters. The molecule has 0 saturated heterocycles. The molecular formula is C18H37NO. The molecule has 20 heavy (non-hydrogen) atoms. The van der Waals surface area contributed by atoms with E-state index in [1.54, 1.807) is 0 Å². The summed E-state index contributed by atoms with van der Waals surface area (Å²) in [5.74, 6) is 0.675. The van der Waals surface area contributed by atoms with Crippen LogP contribution in [0.1, 0.15) is 90.9 Å². The minimum Gasteiger partial charge on any atom is -0.376 e. The maximum atomic E-state index is 6.39. The highest BCUT2D eigenvalue weighted by molar-refractivity contribution is 4.75. The lowest BCUT2D eigenvalue weighted by atomic mass is 9.96. The van der Waals surface area contributed by atoms with E-state index in [2.05, 4.69) is 13.8 Å². The van der Waals surface area contributed by atoms with Gasteiger partial charge < -0.3 is 10.5 Å². The molecule has 0 amide bonds. The van der Waals surface area contributed by atoms with Crippen LogP contribution < -0.4 is 5.73 Å². The van der Waals surface area contributed by atoms with Gasteiger partial charge in [0.05, 0.1) is 6.10 Å². The molecule has 2 heteroatoms. The maximum Gasteiger partial charge on any atom is 0.0726 e. The number of hydrogen-bond donors (Lipinski definition) is 1. The van der Waals surface area contributed by atoms with Gasteiger partial charge in [0.2, 0.25) is 0 Å². The Balaban J connectivity index is 2.36. The first-order valence-electron chi connectivity index (χ1n) is 9.11. The molecule has 0 radical (unpaired) electrons. The second-order valence-corrected chi connectivity index (χ2v) is 6.84. The number of nitrogens with two attached hydrogens (primary N) is 1. The minimum atomic E-state index is 0.253. The highest BCUT2D eigenvalue weighted by Gasteiger charge is 2.19. The van der Waals surface area contributed by atoms with E-state index in [4.69, 9.17) is 10.5 Å². The highest BCUT2D eigenvalue weighted by Crippen LogP contribution is 2.19. The molecule has 0 bridgehead atoms. The first-order valence-corrected chi connectivity index (χ1v) is 9.11. The predicted molar refractivity (Wildman–Crippen MR) is 88.0 cm³/mol. The Labute approximate surface area is 126 Å². The van der Waals surface area contributed by atoms with Crippen molar-refractivity contribution in [3.8, 4) is 0 Å². The first kappa shape index (κ1) is 18.0. The minimum absolute atomic E-state index is 0.253. The SMILES string of the molecule is CCCC(C)COC1CCCCCCCCCCC1N. The average molecular weight is 283 g/mol. The molecule has 0 heterocycles. The summed E-state index contributed by atoms with van der Waals surface area (Å²) in [5, 5.41) is 0. The van der Waals surface area contributed by atoms with Crippen LogP contribution >= 0.6 is 0 Å². The van der Waals surface area contributed by atoms with E-state index in [0.29, 0.717) is 12.0 Å². The largest absolute Gasteiger partial charge is 0.376 e. The van der Waals surface area contributed by atoms with E-state index in [9.17, 15) is 0 Å². The molecule has 0 aliphatic heterocycles. The lowest BCUT2D eigenvalue weighted by molar-refractivity contribution is 0.00672. The van der Waals surface area contributed by atoms with E-state index in [0.717, 1.165) is 13.0 Å². The number of rotatable bonds is 5. The standard InChI is InChI=1S/C18H37NO/c1-3-12-16(2)15-20-18-14-11-9-7-5-4-6-8-10-13-17(18)19/h16-18H,3-15,19H2,1-2H3. The lowest BCUT2D eigenvalue weighted by Crippen LogP contribution is -2.37. The molecule has 0 aromatic rings. The third-order valence-corrected chi connectivity index (χ3v) is 4.63. The molecule has 0 spiro atoms. The third-order valence-electron chi connectivity index (χ3n) is 4.63. The quantitative estimate of drug-likeness (QED) is 0.766. The monoisotopic (exact) mass is 283 g/mol. The molecule has 1 fully saturated rings. The van der Waals surface area contributed by atoms with Crippen molar-refractivity contribution in [2.24, 2.45) is 11.7 Å². The fourth-order valence-electron chi connectivity index (χ4n) is 3.26. The van der Waals surface area contributed by atoms with Gasteiger partial charge in [-0.1, -0.05) is 71.6 Å². The van der Waals surface area contributed by atoms with Crippen molar-refractivity contribution >= 4 is 0 Å². The van der Waals surface area contributed by atoms with Crippen LogP contribution in [0.15, 0.2) is 0 Å². The van der Waals surface area contributed by atoms with Gasteiger partial charge in [-0.15, -0.1) is 0 Å². The van der Waals surface area contributed by atoms with E-state index in [-0.39, 0.29) is 6.04 Å². The van der Waals surface area contributed by atoms with Crippen molar-refractivity contribution in [2.75, 3.05) is 6.61 Å². The maximum absolute atomic E-state index is 6.39. The summed E-state index contributed by atoms with van der Waals surface area (Å²) in [4.78, 5) is 0. The predicted octanol–water partition coefficient (Wildman–Crippen LogP) is 5.05. The van der Waals surface area contributed by atoms with Gasteiger partial charge in [0.1, 0.15) is 0 Å². The summed E-state index contributed by atoms with van der Waals surface area (Å²) in [5.41, 5.74) is 6.39. The van der Waals surface area contributed by atoms with Crippen molar-refractivity contribution in [1.82, 2.24) is 0 Å². The molecule has 1 aliphatic carbocycles. The topological polar surface area (TPSA) is 35.2 Å². The molecule has 0 aromatic heterocycles. The van der Waals surface area contributed by atoms with Crippen LogP contribution in [0.25, 0.3) is 0 Å². The van der Waals surface area contributed by atoms with Gasteiger partial charge >= 0.3 is 0 Å². The smallest absolute Gasteiger partial charge is 0.0726 e. The fourth-order valence-corrected chi connectivity index (χ4v) is 3.26. The van der Waals surface area contributed by atoms with Gasteiger partial charge in [0, 0.05) is 12.6 Å². The first-order chi connectivity index (χ1) is 9.74. The molecule has 1 aliphatic rings.